The van der Waals surface area contributed by atoms with Crippen LogP contribution < -0.4 is 9.47 Å². The molecule has 3 aliphatic rings. The Balaban J connectivity index is 2.07. The van der Waals surface area contributed by atoms with Gasteiger partial charge in [0.2, 0.25) is 0 Å². The molecule has 0 aromatic heterocycles. The van der Waals surface area contributed by atoms with E-state index in [1.807, 2.05) is 12.1 Å². The van der Waals surface area contributed by atoms with Crippen LogP contribution in [0.1, 0.15) is 30.4 Å². The highest BCUT2D eigenvalue weighted by Gasteiger charge is 2.63. The summed E-state index contributed by atoms with van der Waals surface area (Å²) in [6.45, 7) is 0.877. The number of likely N-dealkylation sites (tertiary alicyclic amines) is 1. The van der Waals surface area contributed by atoms with E-state index in [0.29, 0.717) is 24.3 Å². The average molecular weight is 340 g/mol. The van der Waals surface area contributed by atoms with Crippen molar-refractivity contribution in [1.82, 2.24) is 4.90 Å². The average Bonchev–Trinajstić information content (AvgIpc) is 2.63. The molecule has 132 valence electrons. The Kier molecular flexibility index (Phi) is 3.61. The van der Waals surface area contributed by atoms with E-state index in [1.54, 1.807) is 14.2 Å². The van der Waals surface area contributed by atoms with Crippen molar-refractivity contribution < 1.29 is 14.6 Å². The maximum absolute atomic E-state index is 11.9. The summed E-state index contributed by atoms with van der Waals surface area (Å²) in [5.74, 6) is 1.37. The zero-order valence-electron chi connectivity index (χ0n) is 15.0. The summed E-state index contributed by atoms with van der Waals surface area (Å²) >= 11 is 0. The summed E-state index contributed by atoms with van der Waals surface area (Å²) in [7, 11) is 5.36. The van der Waals surface area contributed by atoms with Gasteiger partial charge in [-0.1, -0.05) is 12.1 Å². The molecule has 0 unspecified atom stereocenters. The highest BCUT2D eigenvalue weighted by molar-refractivity contribution is 5.61. The number of benzene rings is 1. The van der Waals surface area contributed by atoms with Crippen LogP contribution in [0.4, 0.5) is 0 Å². The second kappa shape index (κ2) is 5.48. The number of likely N-dealkylation sites (N-methyl/N-ethyl adjacent to an activating group) is 1. The van der Waals surface area contributed by atoms with E-state index >= 15 is 0 Å². The summed E-state index contributed by atoms with van der Waals surface area (Å²) in [6, 6.07) is 6.39. The number of piperidine rings is 1. The normalized spacial score (nSPS) is 33.6. The van der Waals surface area contributed by atoms with Crippen LogP contribution in [0.15, 0.2) is 23.8 Å². The molecule has 0 amide bonds. The molecule has 5 heteroatoms. The van der Waals surface area contributed by atoms with Gasteiger partial charge in [0.1, 0.15) is 0 Å². The molecular formula is C20H24N2O3. The Bertz CT molecular complexity index is 797. The van der Waals surface area contributed by atoms with Gasteiger partial charge in [-0.15, -0.1) is 0 Å². The zero-order chi connectivity index (χ0) is 17.8. The first-order valence-corrected chi connectivity index (χ1v) is 8.79. The lowest BCUT2D eigenvalue weighted by atomic mass is 9.51. The Morgan fingerprint density at radius 3 is 2.76 bits per heavy atom. The minimum atomic E-state index is -0.896. The summed E-state index contributed by atoms with van der Waals surface area (Å²) in [6.07, 6.45) is 4.79. The molecule has 0 radical (unpaired) electrons. The first-order chi connectivity index (χ1) is 12.0. The quantitative estimate of drug-likeness (QED) is 0.894. The fraction of sp³-hybridized carbons (Fsp3) is 0.550. The molecule has 1 aliphatic heterocycles. The number of nitrogens with zero attached hydrogens (tertiary/aromatic N) is 2. The van der Waals surface area contributed by atoms with Crippen LogP contribution in [0.5, 0.6) is 11.5 Å². The fourth-order valence-corrected chi connectivity index (χ4v) is 5.33. The number of rotatable bonds is 2. The van der Waals surface area contributed by atoms with Gasteiger partial charge in [0.15, 0.2) is 11.5 Å². The summed E-state index contributed by atoms with van der Waals surface area (Å²) in [5, 5.41) is 21.4. The van der Waals surface area contributed by atoms with Gasteiger partial charge < -0.3 is 19.5 Å². The van der Waals surface area contributed by atoms with E-state index < -0.39 is 11.0 Å². The number of ether oxygens (including phenoxy) is 2. The maximum atomic E-state index is 11.9. The maximum Gasteiger partial charge on any atom is 0.165 e. The first-order valence-electron chi connectivity index (χ1n) is 8.79. The molecule has 1 aromatic carbocycles. The minimum absolute atomic E-state index is 0.0448. The highest BCUT2D eigenvalue weighted by atomic mass is 16.5. The smallest absolute Gasteiger partial charge is 0.165 e. The number of aliphatic hydroxyl groups is 1. The number of hydrogen-bond acceptors (Lipinski definition) is 5. The van der Waals surface area contributed by atoms with Crippen molar-refractivity contribution in [1.29, 1.82) is 5.26 Å². The lowest BCUT2D eigenvalue weighted by molar-refractivity contribution is -0.132. The lowest BCUT2D eigenvalue weighted by Crippen LogP contribution is -2.71. The molecule has 2 aliphatic carbocycles. The third-order valence-corrected chi connectivity index (χ3v) is 6.55. The molecule has 1 fully saturated rings. The molecule has 1 N–H and O–H groups in total. The monoisotopic (exact) mass is 340 g/mol. The van der Waals surface area contributed by atoms with Gasteiger partial charge in [0, 0.05) is 17.2 Å². The van der Waals surface area contributed by atoms with Gasteiger partial charge in [-0.25, -0.2) is 0 Å². The van der Waals surface area contributed by atoms with Gasteiger partial charge in [-0.2, -0.15) is 5.26 Å². The number of fused-ring (bicyclic) bond motifs is 1. The van der Waals surface area contributed by atoms with Gasteiger partial charge >= 0.3 is 0 Å². The van der Waals surface area contributed by atoms with Crippen LogP contribution in [0.25, 0.3) is 0 Å². The fourth-order valence-electron chi connectivity index (χ4n) is 5.33. The molecular weight excluding hydrogens is 316 g/mol. The van der Waals surface area contributed by atoms with Gasteiger partial charge in [0.25, 0.3) is 0 Å². The van der Waals surface area contributed by atoms with Crippen LogP contribution in [-0.4, -0.2) is 49.5 Å². The first kappa shape index (κ1) is 16.4. The van der Waals surface area contributed by atoms with E-state index in [1.165, 1.54) is 5.56 Å². The third-order valence-electron chi connectivity index (χ3n) is 6.55. The largest absolute Gasteiger partial charge is 0.493 e. The number of hydrogen-bond donors (Lipinski definition) is 1. The Morgan fingerprint density at radius 2 is 2.08 bits per heavy atom. The summed E-state index contributed by atoms with van der Waals surface area (Å²) < 4.78 is 11.3. The SMILES string of the molecule is COc1ccc2c(c1OC)[C@@]13C=C(C#N)CC[C@@]1(O)[C@H](C2)N(C)CC3. The molecule has 0 saturated carbocycles. The third kappa shape index (κ3) is 1.95. The molecule has 25 heavy (non-hydrogen) atoms. The van der Waals surface area contributed by atoms with Crippen molar-refractivity contribution in [2.45, 2.75) is 42.7 Å². The summed E-state index contributed by atoms with van der Waals surface area (Å²) in [4.78, 5) is 2.27. The summed E-state index contributed by atoms with van der Waals surface area (Å²) in [5.41, 5.74) is 1.45. The topological polar surface area (TPSA) is 65.7 Å². The van der Waals surface area contributed by atoms with E-state index in [0.717, 1.165) is 30.5 Å². The van der Waals surface area contributed by atoms with Crippen molar-refractivity contribution in [3.8, 4) is 17.6 Å². The lowest BCUT2D eigenvalue weighted by Gasteiger charge is -2.61. The predicted octanol–water partition coefficient (Wildman–Crippen LogP) is 2.18. The van der Waals surface area contributed by atoms with Crippen molar-refractivity contribution in [3.05, 3.63) is 34.9 Å². The number of nitriles is 1. The minimum Gasteiger partial charge on any atom is -0.493 e. The number of allylic oxidation sites excluding steroid dienone is 1. The van der Waals surface area contributed by atoms with Crippen molar-refractivity contribution in [3.63, 3.8) is 0 Å². The zero-order valence-corrected chi connectivity index (χ0v) is 15.0. The second-order valence-corrected chi connectivity index (χ2v) is 7.46. The van der Waals surface area contributed by atoms with E-state index in [2.05, 4.69) is 24.1 Å². The molecule has 0 spiro atoms. The predicted molar refractivity (Wildman–Crippen MR) is 93.8 cm³/mol. The molecule has 3 atom stereocenters. The van der Waals surface area contributed by atoms with Crippen molar-refractivity contribution >= 4 is 0 Å². The van der Waals surface area contributed by atoms with Crippen LogP contribution in [0.2, 0.25) is 0 Å². The Morgan fingerprint density at radius 1 is 1.28 bits per heavy atom. The van der Waals surface area contributed by atoms with Gasteiger partial charge in [-0.3, -0.25) is 0 Å². The Labute approximate surface area is 148 Å². The molecule has 1 saturated heterocycles. The molecule has 5 nitrogen and oxygen atoms in total. The van der Waals surface area contributed by atoms with E-state index in [-0.39, 0.29) is 6.04 Å². The molecule has 4 rings (SSSR count). The van der Waals surface area contributed by atoms with Gasteiger partial charge in [0.05, 0.1) is 31.3 Å². The van der Waals surface area contributed by atoms with E-state index in [9.17, 15) is 10.4 Å². The van der Waals surface area contributed by atoms with Crippen molar-refractivity contribution in [2.24, 2.45) is 0 Å². The van der Waals surface area contributed by atoms with Crippen LogP contribution in [0, 0.1) is 11.3 Å². The van der Waals surface area contributed by atoms with Crippen LogP contribution in [-0.2, 0) is 11.8 Å². The molecule has 2 bridgehead atoms. The second-order valence-electron chi connectivity index (χ2n) is 7.46. The van der Waals surface area contributed by atoms with Gasteiger partial charge in [-0.05, 0) is 50.9 Å². The van der Waals surface area contributed by atoms with Crippen LogP contribution >= 0.6 is 0 Å². The molecule has 1 heterocycles. The highest BCUT2D eigenvalue weighted by Crippen LogP contribution is 2.59. The van der Waals surface area contributed by atoms with E-state index in [4.69, 9.17) is 9.47 Å². The van der Waals surface area contributed by atoms with Crippen molar-refractivity contribution in [2.75, 3.05) is 27.8 Å². The standard InChI is InChI=1S/C20H24N2O3/c1-22-9-8-19-11-13(12-21)6-7-20(19,23)16(22)10-14-4-5-15(24-2)18(25-3)17(14)19/h4-5,11,16,23H,6-10H2,1-3H3/t16-,19+,20+/m0/s1. The van der Waals surface area contributed by atoms with Crippen LogP contribution in [0.3, 0.4) is 0 Å². The Hall–Kier alpha value is -2.03. The molecule has 1 aromatic rings. The number of methoxy groups -OCH3 is 2.